The number of furan rings is 1. The zero-order valence-electron chi connectivity index (χ0n) is 25.3. The maximum absolute atomic E-state index is 15.0. The second kappa shape index (κ2) is 10.2. The Hall–Kier alpha value is -5.10. The van der Waals surface area contributed by atoms with E-state index in [4.69, 9.17) is 30.2 Å². The minimum absolute atomic E-state index is 0.00538. The van der Waals surface area contributed by atoms with Gasteiger partial charge in [0, 0.05) is 42.9 Å². The number of benzene rings is 2. The fourth-order valence-corrected chi connectivity index (χ4v) is 7.02. The predicted molar refractivity (Wildman–Crippen MR) is 165 cm³/mol. The van der Waals surface area contributed by atoms with E-state index in [1.165, 1.54) is 63.2 Å². The van der Waals surface area contributed by atoms with Crippen LogP contribution >= 0.6 is 11.6 Å². The van der Waals surface area contributed by atoms with Gasteiger partial charge < -0.3 is 23.9 Å². The van der Waals surface area contributed by atoms with E-state index in [2.05, 4.69) is 5.32 Å². The van der Waals surface area contributed by atoms with E-state index in [1.807, 2.05) is 0 Å². The van der Waals surface area contributed by atoms with Gasteiger partial charge in [0.1, 0.15) is 45.2 Å². The Bertz CT molecular complexity index is 2160. The van der Waals surface area contributed by atoms with Crippen LogP contribution in [0.1, 0.15) is 40.9 Å². The first kappa shape index (κ1) is 29.6. The van der Waals surface area contributed by atoms with Crippen molar-refractivity contribution in [2.75, 3.05) is 19.5 Å². The number of nitrogens with one attached hydrogen (secondary N) is 1. The highest BCUT2D eigenvalue weighted by Gasteiger charge is 2.64. The largest absolute Gasteiger partial charge is 0.496 e. The van der Waals surface area contributed by atoms with Gasteiger partial charge in [-0.3, -0.25) is 23.5 Å². The number of hydrogen-bond donors (Lipinski definition) is 1. The number of anilines is 1. The minimum atomic E-state index is -2.06. The average Bonchev–Trinajstić information content (AvgIpc) is 3.66. The van der Waals surface area contributed by atoms with E-state index in [0.717, 1.165) is 4.57 Å². The normalized spacial score (nSPS) is 21.5. The summed E-state index contributed by atoms with van der Waals surface area (Å²) in [6, 6.07) is 10.4. The van der Waals surface area contributed by atoms with Crippen molar-refractivity contribution < 1.29 is 32.6 Å². The van der Waals surface area contributed by atoms with Crippen LogP contribution in [0.4, 0.5) is 10.2 Å². The number of nitrogens with zero attached hydrogens (tertiary/aromatic N) is 2. The van der Waals surface area contributed by atoms with Crippen LogP contribution in [0.25, 0.3) is 11.3 Å². The van der Waals surface area contributed by atoms with Crippen molar-refractivity contribution >= 4 is 29.0 Å². The zero-order valence-corrected chi connectivity index (χ0v) is 26.1. The summed E-state index contributed by atoms with van der Waals surface area (Å²) in [5.41, 5.74) is -2.16. The summed E-state index contributed by atoms with van der Waals surface area (Å²) in [6.45, 7) is 1.71. The molecule has 1 spiro atoms. The van der Waals surface area contributed by atoms with Gasteiger partial charge >= 0.3 is 5.69 Å². The van der Waals surface area contributed by atoms with Crippen LogP contribution in [0, 0.1) is 11.7 Å². The molecule has 0 fully saturated rings. The van der Waals surface area contributed by atoms with Crippen LogP contribution in [-0.2, 0) is 18.9 Å². The van der Waals surface area contributed by atoms with Crippen molar-refractivity contribution in [1.82, 2.24) is 9.13 Å². The molecule has 0 bridgehead atoms. The predicted octanol–water partition coefficient (Wildman–Crippen LogP) is 4.59. The van der Waals surface area contributed by atoms with Crippen LogP contribution < -0.4 is 30.8 Å². The molecule has 11 nitrogen and oxygen atoms in total. The molecule has 236 valence electrons. The van der Waals surface area contributed by atoms with Crippen LogP contribution in [0.5, 0.6) is 17.2 Å². The molecule has 0 amide bonds. The molecule has 2 aliphatic heterocycles. The lowest BCUT2D eigenvalue weighted by Crippen LogP contribution is -2.58. The molecule has 3 unspecified atom stereocenters. The Morgan fingerprint density at radius 3 is 2.35 bits per heavy atom. The number of carbonyl (C=O) groups is 2. The number of hydrogen-bond acceptors (Lipinski definition) is 9. The maximum Gasteiger partial charge on any atom is 0.332 e. The Kier molecular flexibility index (Phi) is 6.57. The highest BCUT2D eigenvalue weighted by atomic mass is 35.5. The summed E-state index contributed by atoms with van der Waals surface area (Å²) in [7, 11) is 5.63. The highest BCUT2D eigenvalue weighted by Crippen LogP contribution is 2.56. The van der Waals surface area contributed by atoms with Crippen LogP contribution in [0.3, 0.4) is 0 Å². The summed E-state index contributed by atoms with van der Waals surface area (Å²) in [6.07, 6.45) is 0.128. The Morgan fingerprint density at radius 2 is 1.67 bits per heavy atom. The summed E-state index contributed by atoms with van der Waals surface area (Å²) in [5.74, 6) is -2.60. The number of ketones is 2. The molecular formula is C33H27ClFN3O8. The first-order chi connectivity index (χ1) is 21.9. The number of rotatable bonds is 4. The van der Waals surface area contributed by atoms with E-state index in [0.29, 0.717) is 17.0 Å². The minimum Gasteiger partial charge on any atom is -0.496 e. The molecular weight excluding hydrogens is 621 g/mol. The second-order valence-electron chi connectivity index (χ2n) is 11.5. The molecule has 4 heterocycles. The van der Waals surface area contributed by atoms with E-state index in [-0.39, 0.29) is 57.0 Å². The Morgan fingerprint density at radius 1 is 0.978 bits per heavy atom. The van der Waals surface area contributed by atoms with Crippen molar-refractivity contribution in [3.05, 3.63) is 102 Å². The van der Waals surface area contributed by atoms with Crippen molar-refractivity contribution in [1.29, 1.82) is 0 Å². The Balaban J connectivity index is 1.45. The number of fused-ring (bicyclic) bond motifs is 2. The second-order valence-corrected chi connectivity index (χ2v) is 11.9. The van der Waals surface area contributed by atoms with Gasteiger partial charge in [-0.2, -0.15) is 0 Å². The van der Waals surface area contributed by atoms with Gasteiger partial charge in [-0.05, 0) is 42.8 Å². The van der Waals surface area contributed by atoms with E-state index >= 15 is 0 Å². The van der Waals surface area contributed by atoms with Crippen molar-refractivity contribution in [3.8, 4) is 28.6 Å². The lowest BCUT2D eigenvalue weighted by atomic mass is 9.66. The fourth-order valence-electron chi connectivity index (χ4n) is 6.75. The highest BCUT2D eigenvalue weighted by molar-refractivity contribution is 6.36. The summed E-state index contributed by atoms with van der Waals surface area (Å²) < 4.78 is 39.3. The average molecular weight is 648 g/mol. The molecule has 1 N–H and O–H groups in total. The number of halogens is 2. The van der Waals surface area contributed by atoms with Crippen LogP contribution in [0.2, 0.25) is 5.02 Å². The Labute approximate surface area is 265 Å². The third-order valence-electron chi connectivity index (χ3n) is 9.12. The summed E-state index contributed by atoms with van der Waals surface area (Å²) >= 11 is 6.61. The molecule has 0 saturated heterocycles. The number of methoxy groups -OCH3 is 2. The zero-order chi connectivity index (χ0) is 32.8. The number of ether oxygens (including phenoxy) is 3. The third-order valence-corrected chi connectivity index (χ3v) is 9.47. The van der Waals surface area contributed by atoms with Gasteiger partial charge in [0.15, 0.2) is 5.75 Å². The number of carbonyl (C=O) groups excluding carboxylic acids is 2. The fraction of sp³-hybridized carbons (Fsp3) is 0.273. The monoisotopic (exact) mass is 647 g/mol. The summed E-state index contributed by atoms with van der Waals surface area (Å²) in [4.78, 5) is 56.2. The van der Waals surface area contributed by atoms with Crippen LogP contribution in [0.15, 0.2) is 67.7 Å². The van der Waals surface area contributed by atoms with Gasteiger partial charge in [-0.25, -0.2) is 9.18 Å². The lowest BCUT2D eigenvalue weighted by molar-refractivity contribution is -0.130. The molecule has 0 saturated carbocycles. The van der Waals surface area contributed by atoms with Crippen molar-refractivity contribution in [3.63, 3.8) is 0 Å². The first-order valence-corrected chi connectivity index (χ1v) is 14.7. The third kappa shape index (κ3) is 3.82. The quantitative estimate of drug-likeness (QED) is 0.316. The molecule has 4 aromatic rings. The molecule has 46 heavy (non-hydrogen) atoms. The van der Waals surface area contributed by atoms with Crippen molar-refractivity contribution in [2.45, 2.75) is 24.9 Å². The first-order valence-electron chi connectivity index (χ1n) is 14.3. The topological polar surface area (TPSA) is 131 Å². The van der Waals surface area contributed by atoms with Gasteiger partial charge in [-0.1, -0.05) is 18.5 Å². The van der Waals surface area contributed by atoms with Crippen molar-refractivity contribution in [2.24, 2.45) is 20.0 Å². The molecule has 2 aromatic heterocycles. The SMILES string of the molecule is COc1cc(OC)c2c(c1Cl)OC1(C(=O)C3=C(CC1C)Nc1c(c(=O)n(C)c(=O)n1C)C3c1ccc(-c3ccc(F)cc3)o1)C2=O. The molecule has 13 heteroatoms. The number of aromatic nitrogens is 2. The van der Waals surface area contributed by atoms with Gasteiger partial charge in [-0.15, -0.1) is 0 Å². The van der Waals surface area contributed by atoms with Crippen LogP contribution in [-0.4, -0.2) is 40.5 Å². The molecule has 0 radical (unpaired) electrons. The number of Topliss-reactive ketones (excluding diaryl/α,β-unsaturated/α-hetero) is 2. The summed E-state index contributed by atoms with van der Waals surface area (Å²) in [5, 5.41) is 3.17. The van der Waals surface area contributed by atoms with E-state index in [9.17, 15) is 23.6 Å². The molecule has 1 aliphatic carbocycles. The van der Waals surface area contributed by atoms with E-state index in [1.54, 1.807) is 19.1 Å². The van der Waals surface area contributed by atoms with Gasteiger partial charge in [0.05, 0.1) is 25.7 Å². The maximum atomic E-state index is 15.0. The lowest BCUT2D eigenvalue weighted by Gasteiger charge is -2.42. The van der Waals surface area contributed by atoms with E-state index < -0.39 is 46.1 Å². The molecule has 7 rings (SSSR count). The number of allylic oxidation sites excluding steroid dienone is 1. The van der Waals surface area contributed by atoms with Gasteiger partial charge in [0.2, 0.25) is 17.2 Å². The standard InChI is InChI=1S/C33H27ClFN3O8/c1-14-12-17-22(28(39)33(14)29(40)24-20(43-4)13-21(44-5)26(34)27(24)46-33)23(25-30(36-17)37(2)32(42)38(3)31(25)41)19-11-10-18(45-19)15-6-8-16(35)9-7-15/h6-11,13-14,23,36H,12H2,1-5H3. The molecule has 2 aromatic carbocycles. The van der Waals surface area contributed by atoms with Gasteiger partial charge in [0.25, 0.3) is 5.56 Å². The smallest absolute Gasteiger partial charge is 0.332 e. The molecule has 3 atom stereocenters. The molecule has 3 aliphatic rings.